The van der Waals surface area contributed by atoms with Gasteiger partial charge in [-0.05, 0) is 42.7 Å². The summed E-state index contributed by atoms with van der Waals surface area (Å²) in [6.07, 6.45) is 9.01. The highest BCUT2D eigenvalue weighted by Gasteiger charge is 2.20. The van der Waals surface area contributed by atoms with Gasteiger partial charge in [0.1, 0.15) is 11.4 Å². The number of fused-ring (bicyclic) bond motifs is 1. The van der Waals surface area contributed by atoms with Crippen LogP contribution in [0.5, 0.6) is 0 Å². The molecule has 0 bridgehead atoms. The second-order valence-electron chi connectivity index (χ2n) is 7.08. The molecule has 0 radical (unpaired) electrons. The van der Waals surface area contributed by atoms with Crippen LogP contribution in [0.15, 0.2) is 36.7 Å². The van der Waals surface area contributed by atoms with E-state index in [1.165, 1.54) is 19.3 Å². The topological polar surface area (TPSA) is 71.3 Å². The minimum atomic E-state index is -0.117. The quantitative estimate of drug-likeness (QED) is 0.630. The molecule has 2 heterocycles. The summed E-state index contributed by atoms with van der Waals surface area (Å²) in [6.45, 7) is 0.515. The summed E-state index contributed by atoms with van der Waals surface area (Å²) in [6, 6.07) is 7.45. The van der Waals surface area contributed by atoms with Crippen molar-refractivity contribution in [3.05, 3.63) is 57.8 Å². The van der Waals surface area contributed by atoms with Crippen molar-refractivity contribution in [3.63, 3.8) is 0 Å². The molecule has 1 saturated carbocycles. The second kappa shape index (κ2) is 8.37. The Hall–Kier alpha value is -2.31. The number of anilines is 1. The predicted molar refractivity (Wildman–Crippen MR) is 111 cm³/mol. The second-order valence-corrected chi connectivity index (χ2v) is 7.95. The van der Waals surface area contributed by atoms with Gasteiger partial charge in [-0.2, -0.15) is 5.10 Å². The van der Waals surface area contributed by atoms with Gasteiger partial charge >= 0.3 is 0 Å². The van der Waals surface area contributed by atoms with Gasteiger partial charge in [-0.15, -0.1) is 0 Å². The Kier molecular flexibility index (Phi) is 5.69. The van der Waals surface area contributed by atoms with Gasteiger partial charge in [0, 0.05) is 28.8 Å². The Balaban J connectivity index is 1.49. The third-order valence-corrected chi connectivity index (χ3v) is 5.39. The predicted octanol–water partition coefficient (Wildman–Crippen LogP) is 4.71. The third-order valence-electron chi connectivity index (χ3n) is 4.95. The molecule has 2 N–H and O–H groups in total. The van der Waals surface area contributed by atoms with E-state index in [0.29, 0.717) is 33.6 Å². The Labute approximate surface area is 173 Å². The van der Waals surface area contributed by atoms with E-state index in [4.69, 9.17) is 23.2 Å². The third kappa shape index (κ3) is 4.39. The molecule has 146 valence electrons. The highest BCUT2D eigenvalue weighted by Crippen LogP contribution is 2.21. The first-order chi connectivity index (χ1) is 13.6. The zero-order valence-corrected chi connectivity index (χ0v) is 16.8. The SMILES string of the molecule is O=C(NC1CCCCC1)c1cnn2ccc(NCc3cc(Cl)cc(Cl)c3)nc12. The summed E-state index contributed by atoms with van der Waals surface area (Å²) in [5, 5.41) is 11.8. The fourth-order valence-corrected chi connectivity index (χ4v) is 4.11. The zero-order valence-electron chi connectivity index (χ0n) is 15.3. The molecule has 8 heteroatoms. The van der Waals surface area contributed by atoms with Crippen molar-refractivity contribution in [2.45, 2.75) is 44.7 Å². The van der Waals surface area contributed by atoms with E-state index < -0.39 is 0 Å². The van der Waals surface area contributed by atoms with Gasteiger partial charge in [0.2, 0.25) is 0 Å². The molecule has 1 aromatic carbocycles. The van der Waals surface area contributed by atoms with Crippen LogP contribution >= 0.6 is 23.2 Å². The molecule has 3 aromatic rings. The van der Waals surface area contributed by atoms with Gasteiger partial charge < -0.3 is 10.6 Å². The number of nitrogens with one attached hydrogen (secondary N) is 2. The lowest BCUT2D eigenvalue weighted by Gasteiger charge is -2.22. The van der Waals surface area contributed by atoms with Crippen LogP contribution in [-0.4, -0.2) is 26.5 Å². The maximum Gasteiger partial charge on any atom is 0.256 e. The van der Waals surface area contributed by atoms with E-state index in [1.54, 1.807) is 23.0 Å². The molecule has 6 nitrogen and oxygen atoms in total. The smallest absolute Gasteiger partial charge is 0.256 e. The van der Waals surface area contributed by atoms with E-state index in [1.807, 2.05) is 18.2 Å². The van der Waals surface area contributed by atoms with Crippen LogP contribution in [0.1, 0.15) is 48.0 Å². The lowest BCUT2D eigenvalue weighted by Crippen LogP contribution is -2.36. The van der Waals surface area contributed by atoms with E-state index in [9.17, 15) is 4.79 Å². The number of rotatable bonds is 5. The highest BCUT2D eigenvalue weighted by molar-refractivity contribution is 6.34. The van der Waals surface area contributed by atoms with Crippen LogP contribution in [-0.2, 0) is 6.54 Å². The molecular formula is C20H21Cl2N5O. The van der Waals surface area contributed by atoms with Crippen LogP contribution in [0.2, 0.25) is 10.0 Å². The normalized spacial score (nSPS) is 14.9. The molecule has 2 aromatic heterocycles. The first kappa shape index (κ1) is 19.0. The number of aromatic nitrogens is 3. The van der Waals surface area contributed by atoms with Crippen molar-refractivity contribution in [1.29, 1.82) is 0 Å². The van der Waals surface area contributed by atoms with Crippen LogP contribution in [0.25, 0.3) is 5.65 Å². The number of hydrogen-bond donors (Lipinski definition) is 2. The largest absolute Gasteiger partial charge is 0.366 e. The molecule has 0 aliphatic heterocycles. The summed E-state index contributed by atoms with van der Waals surface area (Å²) >= 11 is 12.1. The monoisotopic (exact) mass is 417 g/mol. The van der Waals surface area contributed by atoms with E-state index >= 15 is 0 Å². The van der Waals surface area contributed by atoms with Crippen molar-refractivity contribution in [1.82, 2.24) is 19.9 Å². The van der Waals surface area contributed by atoms with Crippen LogP contribution in [0, 0.1) is 0 Å². The maximum absolute atomic E-state index is 12.7. The molecule has 0 unspecified atom stereocenters. The van der Waals surface area contributed by atoms with Crippen LogP contribution in [0.4, 0.5) is 5.82 Å². The summed E-state index contributed by atoms with van der Waals surface area (Å²) in [5.74, 6) is 0.531. The first-order valence-corrected chi connectivity index (χ1v) is 10.2. The molecule has 1 amide bonds. The summed E-state index contributed by atoms with van der Waals surface area (Å²) < 4.78 is 1.61. The maximum atomic E-state index is 12.7. The molecule has 1 aliphatic carbocycles. The number of carbonyl (C=O) groups is 1. The van der Waals surface area contributed by atoms with Crippen molar-refractivity contribution < 1.29 is 4.79 Å². The van der Waals surface area contributed by atoms with E-state index in [2.05, 4.69) is 20.7 Å². The zero-order chi connectivity index (χ0) is 19.5. The summed E-state index contributed by atoms with van der Waals surface area (Å²) in [5.41, 5.74) is 1.96. The molecule has 1 aliphatic rings. The molecule has 0 spiro atoms. The van der Waals surface area contributed by atoms with Gasteiger partial charge in [-0.25, -0.2) is 9.50 Å². The number of hydrogen-bond acceptors (Lipinski definition) is 4. The van der Waals surface area contributed by atoms with Crippen LogP contribution < -0.4 is 10.6 Å². The minimum Gasteiger partial charge on any atom is -0.366 e. The van der Waals surface area contributed by atoms with E-state index in [0.717, 1.165) is 18.4 Å². The Morgan fingerprint density at radius 3 is 2.64 bits per heavy atom. The van der Waals surface area contributed by atoms with Gasteiger partial charge in [0.05, 0.1) is 6.20 Å². The first-order valence-electron chi connectivity index (χ1n) is 9.42. The van der Waals surface area contributed by atoms with Crippen molar-refractivity contribution in [3.8, 4) is 0 Å². The summed E-state index contributed by atoms with van der Waals surface area (Å²) in [7, 11) is 0. The average Bonchev–Trinajstić information content (AvgIpc) is 3.10. The van der Waals surface area contributed by atoms with E-state index in [-0.39, 0.29) is 11.9 Å². The Bertz CT molecular complexity index is 977. The standard InChI is InChI=1S/C20H21Cl2N5O/c21-14-8-13(9-15(22)10-14)11-23-18-6-7-27-19(26-18)17(12-24-27)20(28)25-16-4-2-1-3-5-16/h6-10,12,16H,1-5,11H2,(H,23,26)(H,25,28). The van der Waals surface area contributed by atoms with Gasteiger partial charge in [-0.3, -0.25) is 4.79 Å². The van der Waals surface area contributed by atoms with Gasteiger partial charge in [0.25, 0.3) is 5.91 Å². The highest BCUT2D eigenvalue weighted by atomic mass is 35.5. The van der Waals surface area contributed by atoms with Crippen molar-refractivity contribution in [2.75, 3.05) is 5.32 Å². The van der Waals surface area contributed by atoms with Gasteiger partial charge in [0.15, 0.2) is 5.65 Å². The molecule has 1 fully saturated rings. The minimum absolute atomic E-state index is 0.117. The number of amides is 1. The number of carbonyl (C=O) groups excluding carboxylic acids is 1. The number of halogens is 2. The lowest BCUT2D eigenvalue weighted by atomic mass is 9.95. The lowest BCUT2D eigenvalue weighted by molar-refractivity contribution is 0.0929. The fourth-order valence-electron chi connectivity index (χ4n) is 3.54. The van der Waals surface area contributed by atoms with Crippen molar-refractivity contribution >= 4 is 40.6 Å². The molecule has 0 atom stereocenters. The van der Waals surface area contributed by atoms with Crippen LogP contribution in [0.3, 0.4) is 0 Å². The average molecular weight is 418 g/mol. The molecule has 4 rings (SSSR count). The molecule has 0 saturated heterocycles. The Morgan fingerprint density at radius 1 is 1.14 bits per heavy atom. The fraction of sp³-hybridized carbons (Fsp3) is 0.350. The molecule has 28 heavy (non-hydrogen) atoms. The Morgan fingerprint density at radius 2 is 1.89 bits per heavy atom. The number of nitrogens with zero attached hydrogens (tertiary/aromatic N) is 3. The molecular weight excluding hydrogens is 397 g/mol. The van der Waals surface area contributed by atoms with Crippen molar-refractivity contribution in [2.24, 2.45) is 0 Å². The number of benzene rings is 1. The summed E-state index contributed by atoms with van der Waals surface area (Å²) in [4.78, 5) is 17.3. The van der Waals surface area contributed by atoms with Gasteiger partial charge in [-0.1, -0.05) is 42.5 Å².